The molecule has 5 rings (SSSR count). The lowest BCUT2D eigenvalue weighted by Crippen LogP contribution is -2.46. The highest BCUT2D eigenvalue weighted by molar-refractivity contribution is 6.20. The van der Waals surface area contributed by atoms with Gasteiger partial charge in [0.15, 0.2) is 0 Å². The number of likely N-dealkylation sites (N-methyl/N-ethyl adjacent to an activating group) is 1. The molecule has 1 unspecified atom stereocenters. The van der Waals surface area contributed by atoms with Crippen LogP contribution in [0.2, 0.25) is 0 Å². The fourth-order valence-corrected chi connectivity index (χ4v) is 3.76. The Morgan fingerprint density at radius 3 is 2.56 bits per heavy atom. The van der Waals surface area contributed by atoms with Crippen LogP contribution in [0.3, 0.4) is 0 Å². The predicted molar refractivity (Wildman–Crippen MR) is 118 cm³/mol. The van der Waals surface area contributed by atoms with Crippen molar-refractivity contribution in [3.05, 3.63) is 102 Å². The molecule has 2 aromatic heterocycles. The smallest absolute Gasteiger partial charge is 0.272 e. The third-order valence-corrected chi connectivity index (χ3v) is 5.38. The van der Waals surface area contributed by atoms with Crippen LogP contribution in [0.5, 0.6) is 0 Å². The molecule has 32 heavy (non-hydrogen) atoms. The lowest BCUT2D eigenvalue weighted by molar-refractivity contribution is -0.119. The van der Waals surface area contributed by atoms with Gasteiger partial charge in [-0.1, -0.05) is 30.3 Å². The van der Waals surface area contributed by atoms with Crippen molar-refractivity contribution in [3.8, 4) is 0 Å². The standard InChI is InChI=1S/C24H18FN5O2/c1-29-20-11-5-3-9-18(20)21(17-8-2-4-10-19(17)25)27-22(24(29)32)28-23(31)15-13-16-7-6-12-26-30(16)14-15/h2-14,22H,1H3,(H,28,31). The first-order valence-electron chi connectivity index (χ1n) is 9.97. The number of para-hydroxylation sites is 1. The Morgan fingerprint density at radius 2 is 1.78 bits per heavy atom. The predicted octanol–water partition coefficient (Wildman–Crippen LogP) is 3.04. The number of hydrogen-bond acceptors (Lipinski definition) is 4. The van der Waals surface area contributed by atoms with Crippen LogP contribution in [-0.2, 0) is 4.79 Å². The molecule has 2 amide bonds. The van der Waals surface area contributed by atoms with Gasteiger partial charge in [-0.15, -0.1) is 0 Å². The van der Waals surface area contributed by atoms with Crippen molar-refractivity contribution < 1.29 is 14.0 Å². The van der Waals surface area contributed by atoms with Crippen molar-refractivity contribution in [2.24, 2.45) is 4.99 Å². The van der Waals surface area contributed by atoms with Crippen LogP contribution in [0.15, 0.2) is 84.1 Å². The van der Waals surface area contributed by atoms with Gasteiger partial charge in [-0.3, -0.25) is 9.59 Å². The number of carbonyl (C=O) groups is 2. The van der Waals surface area contributed by atoms with Crippen LogP contribution in [-0.4, -0.2) is 40.4 Å². The third-order valence-electron chi connectivity index (χ3n) is 5.38. The zero-order valence-corrected chi connectivity index (χ0v) is 17.1. The third kappa shape index (κ3) is 3.31. The number of benzodiazepines with no additional fused rings is 1. The van der Waals surface area contributed by atoms with Crippen LogP contribution < -0.4 is 10.2 Å². The molecule has 1 aliphatic heterocycles. The molecule has 0 aliphatic carbocycles. The largest absolute Gasteiger partial charge is 0.322 e. The van der Waals surface area contributed by atoms with E-state index >= 15 is 0 Å². The molecule has 1 aliphatic rings. The first-order chi connectivity index (χ1) is 15.5. The summed E-state index contributed by atoms with van der Waals surface area (Å²) in [6, 6.07) is 18.6. The Labute approximate surface area is 182 Å². The first kappa shape index (κ1) is 19.6. The SMILES string of the molecule is CN1C(=O)C(NC(=O)c2cc3cccnn3c2)N=C(c2ccccc2F)c2ccccc21. The number of rotatable bonds is 3. The molecule has 3 heterocycles. The first-order valence-corrected chi connectivity index (χ1v) is 9.97. The number of nitrogens with zero attached hydrogens (tertiary/aromatic N) is 4. The minimum atomic E-state index is -1.23. The molecule has 1 N–H and O–H groups in total. The van der Waals surface area contributed by atoms with E-state index in [1.54, 1.807) is 78.6 Å². The molecule has 2 aromatic carbocycles. The molecule has 0 spiro atoms. The van der Waals surface area contributed by atoms with Crippen LogP contribution in [0.25, 0.3) is 5.52 Å². The minimum Gasteiger partial charge on any atom is -0.322 e. The summed E-state index contributed by atoms with van der Waals surface area (Å²) in [4.78, 5) is 32.1. The molecule has 8 heteroatoms. The maximum atomic E-state index is 14.7. The summed E-state index contributed by atoms with van der Waals surface area (Å²) < 4.78 is 16.3. The fraction of sp³-hybridized carbons (Fsp3) is 0.0833. The summed E-state index contributed by atoms with van der Waals surface area (Å²) in [5, 5.41) is 6.84. The Morgan fingerprint density at radius 1 is 1.03 bits per heavy atom. The van der Waals surface area contributed by atoms with Gasteiger partial charge >= 0.3 is 0 Å². The minimum absolute atomic E-state index is 0.251. The number of anilines is 1. The van der Waals surface area contributed by atoms with E-state index < -0.39 is 23.8 Å². The Bertz CT molecular complexity index is 1360. The van der Waals surface area contributed by atoms with E-state index in [1.165, 1.54) is 11.0 Å². The number of aliphatic imine (C=N–C) groups is 1. The normalized spacial score (nSPS) is 15.8. The zero-order chi connectivity index (χ0) is 22.2. The van der Waals surface area contributed by atoms with E-state index in [0.717, 1.165) is 5.52 Å². The van der Waals surface area contributed by atoms with E-state index in [2.05, 4.69) is 15.4 Å². The fourth-order valence-electron chi connectivity index (χ4n) is 3.76. The monoisotopic (exact) mass is 427 g/mol. The van der Waals surface area contributed by atoms with Gasteiger partial charge in [-0.2, -0.15) is 5.10 Å². The highest BCUT2D eigenvalue weighted by Crippen LogP contribution is 2.28. The molecule has 0 bridgehead atoms. The Kier molecular flexibility index (Phi) is 4.74. The van der Waals surface area contributed by atoms with E-state index in [-0.39, 0.29) is 5.56 Å². The van der Waals surface area contributed by atoms with Gasteiger partial charge in [0, 0.05) is 30.6 Å². The quantitative estimate of drug-likeness (QED) is 0.546. The van der Waals surface area contributed by atoms with Crippen LogP contribution >= 0.6 is 0 Å². The second kappa shape index (κ2) is 7.73. The molecular formula is C24H18FN5O2. The number of benzene rings is 2. The number of hydrogen-bond donors (Lipinski definition) is 1. The summed E-state index contributed by atoms with van der Waals surface area (Å²) in [7, 11) is 1.61. The van der Waals surface area contributed by atoms with Gasteiger partial charge in [0.25, 0.3) is 11.8 Å². The highest BCUT2D eigenvalue weighted by Gasteiger charge is 2.32. The molecule has 0 radical (unpaired) electrons. The molecule has 0 fully saturated rings. The van der Waals surface area contributed by atoms with Crippen molar-refractivity contribution >= 4 is 28.7 Å². The lowest BCUT2D eigenvalue weighted by Gasteiger charge is -2.20. The van der Waals surface area contributed by atoms with E-state index in [4.69, 9.17) is 0 Å². The second-order valence-corrected chi connectivity index (χ2v) is 7.37. The molecule has 7 nitrogen and oxygen atoms in total. The maximum absolute atomic E-state index is 14.7. The Hall–Kier alpha value is -4.33. The molecule has 0 saturated carbocycles. The van der Waals surface area contributed by atoms with Crippen molar-refractivity contribution in [1.29, 1.82) is 0 Å². The van der Waals surface area contributed by atoms with Gasteiger partial charge in [-0.05, 0) is 36.4 Å². The van der Waals surface area contributed by atoms with Gasteiger partial charge in [0.1, 0.15) is 5.82 Å². The highest BCUT2D eigenvalue weighted by atomic mass is 19.1. The van der Waals surface area contributed by atoms with Crippen molar-refractivity contribution in [2.75, 3.05) is 11.9 Å². The average Bonchev–Trinajstić information content (AvgIpc) is 3.22. The zero-order valence-electron chi connectivity index (χ0n) is 17.1. The van der Waals surface area contributed by atoms with Crippen molar-refractivity contribution in [1.82, 2.24) is 14.9 Å². The lowest BCUT2D eigenvalue weighted by atomic mass is 10.00. The van der Waals surface area contributed by atoms with Crippen molar-refractivity contribution in [2.45, 2.75) is 6.17 Å². The number of nitrogens with one attached hydrogen (secondary N) is 1. The van der Waals surface area contributed by atoms with E-state index in [9.17, 15) is 14.0 Å². The van der Waals surface area contributed by atoms with Gasteiger partial charge < -0.3 is 10.2 Å². The topological polar surface area (TPSA) is 79.1 Å². The maximum Gasteiger partial charge on any atom is 0.272 e. The van der Waals surface area contributed by atoms with Crippen LogP contribution in [0.4, 0.5) is 10.1 Å². The average molecular weight is 427 g/mol. The molecule has 4 aromatic rings. The number of fused-ring (bicyclic) bond motifs is 2. The Balaban J connectivity index is 1.58. The van der Waals surface area contributed by atoms with Gasteiger partial charge in [-0.25, -0.2) is 13.9 Å². The van der Waals surface area contributed by atoms with Crippen LogP contribution in [0, 0.1) is 5.82 Å². The molecule has 0 saturated heterocycles. The summed E-state index contributed by atoms with van der Waals surface area (Å²) in [5.41, 5.74) is 2.80. The number of amides is 2. The van der Waals surface area contributed by atoms with Crippen molar-refractivity contribution in [3.63, 3.8) is 0 Å². The van der Waals surface area contributed by atoms with E-state index in [0.29, 0.717) is 22.5 Å². The van der Waals surface area contributed by atoms with Gasteiger partial charge in [0.05, 0.1) is 22.5 Å². The molecule has 1 atom stereocenters. The number of carbonyl (C=O) groups excluding carboxylic acids is 2. The number of aromatic nitrogens is 2. The van der Waals surface area contributed by atoms with Gasteiger partial charge in [0.2, 0.25) is 6.17 Å². The summed E-state index contributed by atoms with van der Waals surface area (Å²) in [6.45, 7) is 0. The molecule has 158 valence electrons. The molecular weight excluding hydrogens is 409 g/mol. The summed E-state index contributed by atoms with van der Waals surface area (Å²) >= 11 is 0. The number of halogens is 1. The second-order valence-electron chi connectivity index (χ2n) is 7.37. The van der Waals surface area contributed by atoms with Crippen LogP contribution in [0.1, 0.15) is 21.5 Å². The summed E-state index contributed by atoms with van der Waals surface area (Å²) in [6.07, 6.45) is 1.96. The van der Waals surface area contributed by atoms with E-state index in [1.807, 2.05) is 6.07 Å². The summed E-state index contributed by atoms with van der Waals surface area (Å²) in [5.74, 6) is -1.38.